The summed E-state index contributed by atoms with van der Waals surface area (Å²) in [6, 6.07) is 10.9. The minimum atomic E-state index is -0.467. The first kappa shape index (κ1) is 22.0. The van der Waals surface area contributed by atoms with Gasteiger partial charge in [0.05, 0.1) is 26.3 Å². The Morgan fingerprint density at radius 2 is 1.66 bits per heavy atom. The van der Waals surface area contributed by atoms with Crippen LogP contribution in [-0.4, -0.2) is 36.9 Å². The van der Waals surface area contributed by atoms with Crippen molar-refractivity contribution in [2.24, 2.45) is 0 Å². The monoisotopic (exact) mass is 418 g/mol. The highest BCUT2D eigenvalue weighted by atomic mass is 35.5. The number of benzene rings is 2. The molecule has 0 bridgehead atoms. The number of nitrogens with one attached hydrogen (secondary N) is 2. The molecule has 2 aromatic carbocycles. The van der Waals surface area contributed by atoms with E-state index in [1.807, 2.05) is 25.1 Å². The first-order valence-corrected chi connectivity index (χ1v) is 8.82. The van der Waals surface area contributed by atoms with E-state index in [4.69, 9.17) is 14.2 Å². The maximum atomic E-state index is 11.6. The van der Waals surface area contributed by atoms with Crippen LogP contribution in [0.25, 0.3) is 10.9 Å². The van der Waals surface area contributed by atoms with Crippen LogP contribution in [0.1, 0.15) is 13.3 Å². The molecule has 0 aliphatic heterocycles. The summed E-state index contributed by atoms with van der Waals surface area (Å²) in [4.78, 5) is 20.2. The summed E-state index contributed by atoms with van der Waals surface area (Å²) in [5.74, 6) is 1.83. The van der Waals surface area contributed by atoms with E-state index in [1.165, 1.54) is 6.33 Å². The maximum Gasteiger partial charge on any atom is 0.411 e. The number of rotatable bonds is 7. The molecule has 3 rings (SSSR count). The third-order valence-electron chi connectivity index (χ3n) is 3.97. The molecule has 0 spiro atoms. The summed E-state index contributed by atoms with van der Waals surface area (Å²) >= 11 is 0. The first-order valence-electron chi connectivity index (χ1n) is 8.82. The van der Waals surface area contributed by atoms with Gasteiger partial charge in [0.25, 0.3) is 0 Å². The molecule has 2 N–H and O–H groups in total. The highest BCUT2D eigenvalue weighted by molar-refractivity contribution is 5.93. The van der Waals surface area contributed by atoms with Gasteiger partial charge in [0.2, 0.25) is 0 Å². The Balaban J connectivity index is 0.00000300. The third kappa shape index (κ3) is 5.39. The lowest BCUT2D eigenvalue weighted by Gasteiger charge is -2.12. The lowest BCUT2D eigenvalue weighted by molar-refractivity contribution is 0.161. The Morgan fingerprint density at radius 1 is 1.00 bits per heavy atom. The second-order valence-corrected chi connectivity index (χ2v) is 5.91. The first-order chi connectivity index (χ1) is 13.6. The number of fused-ring (bicyclic) bond motifs is 1. The Hall–Kier alpha value is -3.26. The summed E-state index contributed by atoms with van der Waals surface area (Å²) in [7, 11) is 3.16. The minimum absolute atomic E-state index is 0. The third-order valence-corrected chi connectivity index (χ3v) is 3.97. The summed E-state index contributed by atoms with van der Waals surface area (Å²) in [5, 5.41) is 6.74. The number of ether oxygens (including phenoxy) is 3. The van der Waals surface area contributed by atoms with Crippen molar-refractivity contribution in [3.8, 4) is 11.5 Å². The lowest BCUT2D eigenvalue weighted by Crippen LogP contribution is -2.13. The van der Waals surface area contributed by atoms with Gasteiger partial charge < -0.3 is 19.5 Å². The lowest BCUT2D eigenvalue weighted by atomic mass is 10.2. The summed E-state index contributed by atoms with van der Waals surface area (Å²) < 4.78 is 15.7. The summed E-state index contributed by atoms with van der Waals surface area (Å²) in [5.41, 5.74) is 2.18. The average Bonchev–Trinajstić information content (AvgIpc) is 2.72. The number of methoxy groups -OCH3 is 2. The fraction of sp³-hybridized carbons (Fsp3) is 0.250. The standard InChI is InChI=1S/C20H22N4O4.ClH/c1-4-9-28-20(25)24-14-7-5-13(6-8-14)23-19-15-10-17(26-2)18(27-3)11-16(15)21-12-22-19;/h5-8,10-12H,4,9H2,1-3H3,(H,24,25)(H,21,22,23);1H. The minimum Gasteiger partial charge on any atom is -0.493 e. The van der Waals surface area contributed by atoms with Crippen LogP contribution in [0, 0.1) is 0 Å². The molecule has 0 saturated carbocycles. The molecule has 1 aromatic heterocycles. The number of aromatic nitrogens is 2. The van der Waals surface area contributed by atoms with E-state index in [0.717, 1.165) is 23.0 Å². The van der Waals surface area contributed by atoms with Gasteiger partial charge in [-0.2, -0.15) is 0 Å². The highest BCUT2D eigenvalue weighted by Gasteiger charge is 2.11. The van der Waals surface area contributed by atoms with E-state index < -0.39 is 6.09 Å². The molecule has 8 nitrogen and oxygen atoms in total. The topological polar surface area (TPSA) is 94.6 Å². The zero-order chi connectivity index (χ0) is 19.9. The van der Waals surface area contributed by atoms with Crippen LogP contribution in [0.2, 0.25) is 0 Å². The number of hydrogen-bond donors (Lipinski definition) is 2. The average molecular weight is 419 g/mol. The van der Waals surface area contributed by atoms with Crippen molar-refractivity contribution in [1.29, 1.82) is 0 Å². The number of carbonyl (C=O) groups is 1. The van der Waals surface area contributed by atoms with Crippen molar-refractivity contribution in [2.45, 2.75) is 13.3 Å². The van der Waals surface area contributed by atoms with Crippen LogP contribution in [0.3, 0.4) is 0 Å². The van der Waals surface area contributed by atoms with Crippen LogP contribution in [0.5, 0.6) is 11.5 Å². The van der Waals surface area contributed by atoms with Crippen LogP contribution in [-0.2, 0) is 4.74 Å². The normalized spacial score (nSPS) is 10.0. The Bertz CT molecular complexity index is 967. The van der Waals surface area contributed by atoms with Gasteiger partial charge in [0.15, 0.2) is 11.5 Å². The van der Waals surface area contributed by atoms with Gasteiger partial charge in [-0.05, 0) is 36.8 Å². The number of halogens is 1. The zero-order valence-electron chi connectivity index (χ0n) is 16.4. The maximum absolute atomic E-state index is 11.6. The fourth-order valence-corrected chi connectivity index (χ4v) is 2.60. The number of anilines is 3. The van der Waals surface area contributed by atoms with Gasteiger partial charge in [-0.25, -0.2) is 14.8 Å². The largest absolute Gasteiger partial charge is 0.493 e. The fourth-order valence-electron chi connectivity index (χ4n) is 2.60. The molecule has 0 unspecified atom stereocenters. The van der Waals surface area contributed by atoms with Crippen LogP contribution in [0.4, 0.5) is 22.0 Å². The molecule has 0 fully saturated rings. The predicted octanol–water partition coefficient (Wildman–Crippen LogP) is 4.77. The van der Waals surface area contributed by atoms with Crippen LogP contribution >= 0.6 is 12.4 Å². The van der Waals surface area contributed by atoms with E-state index >= 15 is 0 Å². The van der Waals surface area contributed by atoms with E-state index in [1.54, 1.807) is 32.4 Å². The molecule has 3 aromatic rings. The van der Waals surface area contributed by atoms with Crippen molar-refractivity contribution in [2.75, 3.05) is 31.5 Å². The van der Waals surface area contributed by atoms with E-state index in [-0.39, 0.29) is 12.4 Å². The molecular formula is C20H23ClN4O4. The SMILES string of the molecule is CCCOC(=O)Nc1ccc(Nc2ncnc3cc(OC)c(OC)cc23)cc1.Cl. The molecule has 0 saturated heterocycles. The van der Waals surface area contributed by atoms with Crippen LogP contribution in [0.15, 0.2) is 42.7 Å². The number of amides is 1. The van der Waals surface area contributed by atoms with Gasteiger partial charge in [-0.15, -0.1) is 12.4 Å². The number of nitrogens with zero attached hydrogens (tertiary/aromatic N) is 2. The van der Waals surface area contributed by atoms with E-state index in [9.17, 15) is 4.79 Å². The molecule has 29 heavy (non-hydrogen) atoms. The Kier molecular flexibility index (Phi) is 7.85. The van der Waals surface area contributed by atoms with Crippen molar-refractivity contribution in [3.05, 3.63) is 42.7 Å². The predicted molar refractivity (Wildman–Crippen MR) is 115 cm³/mol. The molecule has 1 amide bonds. The highest BCUT2D eigenvalue weighted by Crippen LogP contribution is 2.34. The zero-order valence-corrected chi connectivity index (χ0v) is 17.2. The summed E-state index contributed by atoms with van der Waals surface area (Å²) in [6.07, 6.45) is 1.79. The van der Waals surface area contributed by atoms with Crippen molar-refractivity contribution in [3.63, 3.8) is 0 Å². The van der Waals surface area contributed by atoms with E-state index in [2.05, 4.69) is 20.6 Å². The van der Waals surface area contributed by atoms with Gasteiger partial charge in [0.1, 0.15) is 12.1 Å². The number of carbonyl (C=O) groups excluding carboxylic acids is 1. The molecule has 1 heterocycles. The van der Waals surface area contributed by atoms with Crippen molar-refractivity contribution < 1.29 is 19.0 Å². The van der Waals surface area contributed by atoms with E-state index in [0.29, 0.717) is 29.6 Å². The molecular weight excluding hydrogens is 396 g/mol. The molecule has 0 aliphatic carbocycles. The smallest absolute Gasteiger partial charge is 0.411 e. The second kappa shape index (κ2) is 10.3. The van der Waals surface area contributed by atoms with Gasteiger partial charge in [-0.1, -0.05) is 6.92 Å². The number of hydrogen-bond acceptors (Lipinski definition) is 7. The molecule has 9 heteroatoms. The quantitative estimate of drug-likeness (QED) is 0.570. The van der Waals surface area contributed by atoms with Crippen molar-refractivity contribution in [1.82, 2.24) is 9.97 Å². The van der Waals surface area contributed by atoms with Crippen molar-refractivity contribution >= 4 is 46.6 Å². The van der Waals surface area contributed by atoms with Crippen LogP contribution < -0.4 is 20.1 Å². The second-order valence-electron chi connectivity index (χ2n) is 5.91. The molecule has 154 valence electrons. The van der Waals surface area contributed by atoms with Gasteiger partial charge in [-0.3, -0.25) is 5.32 Å². The molecule has 0 aliphatic rings. The van der Waals surface area contributed by atoms with Gasteiger partial charge >= 0.3 is 6.09 Å². The van der Waals surface area contributed by atoms with Gasteiger partial charge in [0, 0.05) is 22.8 Å². The Morgan fingerprint density at radius 3 is 2.31 bits per heavy atom. The Labute approximate surface area is 175 Å². The molecule has 0 radical (unpaired) electrons. The summed E-state index contributed by atoms with van der Waals surface area (Å²) in [6.45, 7) is 2.33. The molecule has 0 atom stereocenters.